The second-order valence-electron chi connectivity index (χ2n) is 5.56. The zero-order chi connectivity index (χ0) is 16.1. The number of nitrogens with one attached hydrogen (secondary N) is 1. The minimum atomic E-state index is 0.533. The lowest BCUT2D eigenvalue weighted by Crippen LogP contribution is -2.11. The SMILES string of the molecule is CCC(=S)Nc1cccc(C)c1COc1ccc(C)cc1C. The average molecular weight is 313 g/mol. The van der Waals surface area contributed by atoms with Gasteiger partial charge in [0.05, 0.1) is 4.99 Å². The van der Waals surface area contributed by atoms with Crippen LogP contribution >= 0.6 is 12.2 Å². The first kappa shape index (κ1) is 16.5. The van der Waals surface area contributed by atoms with E-state index in [9.17, 15) is 0 Å². The third-order valence-electron chi connectivity index (χ3n) is 3.71. The van der Waals surface area contributed by atoms with Crippen molar-refractivity contribution in [2.45, 2.75) is 40.7 Å². The molecule has 0 radical (unpaired) electrons. The van der Waals surface area contributed by atoms with Crippen LogP contribution in [0.5, 0.6) is 5.75 Å². The summed E-state index contributed by atoms with van der Waals surface area (Å²) >= 11 is 5.30. The average Bonchev–Trinajstić information content (AvgIpc) is 2.48. The molecule has 3 heteroatoms. The summed E-state index contributed by atoms with van der Waals surface area (Å²) in [5, 5.41) is 3.31. The van der Waals surface area contributed by atoms with Crippen molar-refractivity contribution in [3.63, 3.8) is 0 Å². The maximum Gasteiger partial charge on any atom is 0.122 e. The Bertz CT molecular complexity index is 679. The van der Waals surface area contributed by atoms with Crippen molar-refractivity contribution >= 4 is 22.9 Å². The van der Waals surface area contributed by atoms with Crippen molar-refractivity contribution in [2.75, 3.05) is 5.32 Å². The van der Waals surface area contributed by atoms with Gasteiger partial charge >= 0.3 is 0 Å². The molecule has 0 aliphatic carbocycles. The first-order valence-corrected chi connectivity index (χ1v) is 8.00. The molecule has 22 heavy (non-hydrogen) atoms. The van der Waals surface area contributed by atoms with Gasteiger partial charge in [-0.15, -0.1) is 0 Å². The van der Waals surface area contributed by atoms with Gasteiger partial charge in [-0.3, -0.25) is 0 Å². The Morgan fingerprint density at radius 3 is 2.55 bits per heavy atom. The van der Waals surface area contributed by atoms with E-state index in [1.165, 1.54) is 11.1 Å². The van der Waals surface area contributed by atoms with Gasteiger partial charge in [-0.1, -0.05) is 49.0 Å². The Balaban J connectivity index is 2.19. The molecular weight excluding hydrogens is 290 g/mol. The second kappa shape index (κ2) is 7.41. The van der Waals surface area contributed by atoms with Crippen LogP contribution in [0.4, 0.5) is 5.69 Å². The fraction of sp³-hybridized carbons (Fsp3) is 0.316. The van der Waals surface area contributed by atoms with Gasteiger partial charge in [0.1, 0.15) is 12.4 Å². The standard InChI is InChI=1S/C19H23NOS/c1-5-19(22)20-17-8-6-7-14(3)16(17)12-21-18-10-9-13(2)11-15(18)4/h6-11H,5,12H2,1-4H3,(H,20,22). The van der Waals surface area contributed by atoms with Crippen molar-refractivity contribution in [3.8, 4) is 5.75 Å². The van der Waals surface area contributed by atoms with Crippen LogP contribution in [0.25, 0.3) is 0 Å². The molecule has 0 spiro atoms. The highest BCUT2D eigenvalue weighted by molar-refractivity contribution is 7.80. The largest absolute Gasteiger partial charge is 0.489 e. The molecule has 2 rings (SSSR count). The van der Waals surface area contributed by atoms with Crippen molar-refractivity contribution in [1.82, 2.24) is 0 Å². The lowest BCUT2D eigenvalue weighted by molar-refractivity contribution is 0.304. The van der Waals surface area contributed by atoms with E-state index in [4.69, 9.17) is 17.0 Å². The molecule has 0 atom stereocenters. The predicted molar refractivity (Wildman–Crippen MR) is 97.9 cm³/mol. The summed E-state index contributed by atoms with van der Waals surface area (Å²) in [7, 11) is 0. The van der Waals surface area contributed by atoms with Gasteiger partial charge in [0, 0.05) is 11.3 Å². The minimum absolute atomic E-state index is 0.533. The van der Waals surface area contributed by atoms with Gasteiger partial charge in [0.15, 0.2) is 0 Å². The van der Waals surface area contributed by atoms with E-state index in [0.717, 1.165) is 34.0 Å². The van der Waals surface area contributed by atoms with Crippen molar-refractivity contribution < 1.29 is 4.74 Å². The molecule has 0 saturated heterocycles. The monoisotopic (exact) mass is 313 g/mol. The minimum Gasteiger partial charge on any atom is -0.489 e. The number of hydrogen-bond acceptors (Lipinski definition) is 2. The summed E-state index contributed by atoms with van der Waals surface area (Å²) in [5.41, 5.74) is 5.80. The normalized spacial score (nSPS) is 10.4. The number of thiocarbonyl (C=S) groups is 1. The van der Waals surface area contributed by atoms with Gasteiger partial charge in [-0.25, -0.2) is 0 Å². The van der Waals surface area contributed by atoms with Crippen LogP contribution in [0.15, 0.2) is 36.4 Å². The highest BCUT2D eigenvalue weighted by atomic mass is 32.1. The fourth-order valence-electron chi connectivity index (χ4n) is 2.36. The molecule has 0 saturated carbocycles. The van der Waals surface area contributed by atoms with E-state index in [0.29, 0.717) is 6.61 Å². The first-order chi connectivity index (χ1) is 10.5. The molecule has 2 nitrogen and oxygen atoms in total. The molecule has 0 aliphatic rings. The summed E-state index contributed by atoms with van der Waals surface area (Å²) < 4.78 is 6.03. The van der Waals surface area contributed by atoms with Gasteiger partial charge in [-0.2, -0.15) is 0 Å². The van der Waals surface area contributed by atoms with Crippen LogP contribution < -0.4 is 10.1 Å². The zero-order valence-electron chi connectivity index (χ0n) is 13.7. The van der Waals surface area contributed by atoms with Crippen LogP contribution in [-0.2, 0) is 6.61 Å². The lowest BCUT2D eigenvalue weighted by atomic mass is 10.1. The molecule has 0 bridgehead atoms. The summed E-state index contributed by atoms with van der Waals surface area (Å²) in [6.45, 7) is 8.85. The number of anilines is 1. The Hall–Kier alpha value is -1.87. The number of rotatable bonds is 5. The number of hydrogen-bond donors (Lipinski definition) is 1. The first-order valence-electron chi connectivity index (χ1n) is 7.59. The third-order valence-corrected chi connectivity index (χ3v) is 4.10. The Morgan fingerprint density at radius 2 is 1.86 bits per heavy atom. The number of benzene rings is 2. The third kappa shape index (κ3) is 4.08. The molecule has 0 amide bonds. The van der Waals surface area contributed by atoms with Gasteiger partial charge in [0.25, 0.3) is 0 Å². The molecule has 2 aromatic rings. The van der Waals surface area contributed by atoms with E-state index in [1.807, 2.05) is 12.1 Å². The molecule has 2 aromatic carbocycles. The van der Waals surface area contributed by atoms with E-state index in [-0.39, 0.29) is 0 Å². The van der Waals surface area contributed by atoms with Crippen LogP contribution in [0.1, 0.15) is 35.6 Å². The highest BCUT2D eigenvalue weighted by Gasteiger charge is 2.08. The van der Waals surface area contributed by atoms with Gasteiger partial charge in [0.2, 0.25) is 0 Å². The maximum atomic E-state index is 6.03. The fourth-order valence-corrected chi connectivity index (χ4v) is 2.47. The zero-order valence-corrected chi connectivity index (χ0v) is 14.5. The number of aryl methyl sites for hydroxylation is 3. The maximum absolute atomic E-state index is 6.03. The summed E-state index contributed by atoms with van der Waals surface area (Å²) in [6, 6.07) is 12.4. The van der Waals surface area contributed by atoms with Crippen LogP contribution in [0.3, 0.4) is 0 Å². The predicted octanol–water partition coefficient (Wildman–Crippen LogP) is 5.34. The van der Waals surface area contributed by atoms with Crippen LogP contribution in [0.2, 0.25) is 0 Å². The molecule has 0 aromatic heterocycles. The molecule has 0 heterocycles. The van der Waals surface area contributed by atoms with Crippen LogP contribution in [-0.4, -0.2) is 4.99 Å². The lowest BCUT2D eigenvalue weighted by Gasteiger charge is -2.16. The van der Waals surface area contributed by atoms with Gasteiger partial charge in [-0.05, 0) is 50.5 Å². The Kier molecular flexibility index (Phi) is 5.56. The van der Waals surface area contributed by atoms with E-state index in [1.54, 1.807) is 0 Å². The molecule has 1 N–H and O–H groups in total. The molecule has 0 aliphatic heterocycles. The number of ether oxygens (including phenoxy) is 1. The van der Waals surface area contributed by atoms with E-state index < -0.39 is 0 Å². The smallest absolute Gasteiger partial charge is 0.122 e. The van der Waals surface area contributed by atoms with E-state index in [2.05, 4.69) is 57.3 Å². The summed E-state index contributed by atoms with van der Waals surface area (Å²) in [5.74, 6) is 0.929. The quantitative estimate of drug-likeness (QED) is 0.753. The van der Waals surface area contributed by atoms with Crippen molar-refractivity contribution in [2.24, 2.45) is 0 Å². The molecule has 0 fully saturated rings. The Morgan fingerprint density at radius 1 is 1.09 bits per heavy atom. The van der Waals surface area contributed by atoms with Crippen LogP contribution in [0, 0.1) is 20.8 Å². The molecule has 116 valence electrons. The Labute approximate surface area is 138 Å². The topological polar surface area (TPSA) is 21.3 Å². The summed E-state index contributed by atoms with van der Waals surface area (Å²) in [4.78, 5) is 0.846. The summed E-state index contributed by atoms with van der Waals surface area (Å²) in [6.07, 6.45) is 0.834. The second-order valence-corrected chi connectivity index (χ2v) is 6.05. The van der Waals surface area contributed by atoms with E-state index >= 15 is 0 Å². The van der Waals surface area contributed by atoms with Crippen molar-refractivity contribution in [1.29, 1.82) is 0 Å². The molecule has 0 unspecified atom stereocenters. The van der Waals surface area contributed by atoms with Gasteiger partial charge < -0.3 is 10.1 Å². The molecular formula is C19H23NOS. The van der Waals surface area contributed by atoms with Crippen molar-refractivity contribution in [3.05, 3.63) is 58.7 Å². The highest BCUT2D eigenvalue weighted by Crippen LogP contribution is 2.24.